The lowest BCUT2D eigenvalue weighted by Gasteiger charge is -2.38. The minimum absolute atomic E-state index is 0.00618. The predicted molar refractivity (Wildman–Crippen MR) is 509 cm³/mol. The van der Waals surface area contributed by atoms with Gasteiger partial charge in [0.1, 0.15) is 78.3 Å². The number of nitrogens with one attached hydrogen (secondary N) is 10. The topological polar surface area (TPSA) is 541 Å². The van der Waals surface area contributed by atoms with E-state index in [0.29, 0.717) is 81.9 Å². The lowest BCUT2D eigenvalue weighted by atomic mass is 9.96. The standard InChI is InChI=1S/C98H126F3N19O17S/c1-7-8-27-78-97(136)119-38-19-28-77(119)92(131)113-75(49-104)90(129)115-85(56(2)3)98(137)117(5)79(44-57-20-11-9-12-21-57)93(132)112-74(42-59-29-31-61(48-103)32-30-59)95(134)120-53-66(122)47-80(120)91(130)107-51-64(46-63-50-106-70-25-16-15-24-67(63)70)86(125)111-72(41-60-33-35-65(121)36-34-60)89(128)110-71(26-17-18-37-102)88(127)114-76(87(126)108-52-82(105)123)54-138-55-83(124)109-73(43-62-39-68(99)84(101)69(100)40-62)94(133)118(6)81(96(135)116(78)4)45-58-22-13-10-14-23-58/h9-16,20-25,29-36,39-40,50,56,64,66,71-81,85,106,121-122H,7-8,17-19,26-28,37-38,41-49,51-55,102-104H2,1-6H3,(H2,105,123)(H,107,130)(H,108,126)(H,109,124)(H,110,128)(H,111,125)(H,112,132)(H,113,131)(H,114,127)(H,115,129)/t64-,66+,71+,72+,73+,74+,75+,76+,77-,78+,79+,80-,81+,85+/m1/s1. The molecule has 0 unspecified atom stereocenters. The van der Waals surface area contributed by atoms with Crippen LogP contribution in [0.15, 0.2) is 152 Å². The van der Waals surface area contributed by atoms with E-state index in [1.807, 2.05) is 6.92 Å². The molecule has 1 aromatic heterocycles. The number of nitrogens with two attached hydrogens (primary N) is 4. The Bertz CT molecular complexity index is 5420. The highest BCUT2D eigenvalue weighted by Crippen LogP contribution is 2.29. The van der Waals surface area contributed by atoms with E-state index in [1.54, 1.807) is 129 Å². The molecule has 3 aliphatic heterocycles. The zero-order valence-corrected chi connectivity index (χ0v) is 79.0. The number of phenols is 1. The number of phenolic OH excluding ortho intramolecular Hbond substituents is 1. The highest BCUT2D eigenvalue weighted by Gasteiger charge is 2.47. The molecule has 10 rings (SSSR count). The van der Waals surface area contributed by atoms with Crippen molar-refractivity contribution in [1.82, 2.24) is 77.3 Å². The number of H-pyrrole nitrogens is 1. The maximum Gasteiger partial charge on any atom is 0.246 e. The number of para-hydroxylation sites is 1. The van der Waals surface area contributed by atoms with Crippen molar-refractivity contribution in [3.05, 3.63) is 208 Å². The number of aliphatic hydroxyl groups is 1. The summed E-state index contributed by atoms with van der Waals surface area (Å²) in [6.45, 7) is 3.09. The van der Waals surface area contributed by atoms with E-state index in [9.17, 15) is 38.6 Å². The zero-order valence-electron chi connectivity index (χ0n) is 78.2. The number of fused-ring (bicyclic) bond motifs is 3. The van der Waals surface area contributed by atoms with Gasteiger partial charge in [-0.05, 0) is 127 Å². The molecular weight excluding hydrogens is 1800 g/mol. The van der Waals surface area contributed by atoms with Crippen LogP contribution in [0.25, 0.3) is 10.9 Å². The molecule has 4 heterocycles. The Kier molecular flexibility index (Phi) is 39.6. The second-order valence-corrected chi connectivity index (χ2v) is 36.6. The molecule has 742 valence electrons. The van der Waals surface area contributed by atoms with Crippen molar-refractivity contribution in [2.24, 2.45) is 34.8 Å². The number of halogens is 3. The van der Waals surface area contributed by atoms with Gasteiger partial charge in [0.2, 0.25) is 88.6 Å². The minimum Gasteiger partial charge on any atom is -0.508 e. The molecule has 7 aromatic rings. The summed E-state index contributed by atoms with van der Waals surface area (Å²) in [5.74, 6) is -22.1. The predicted octanol–water partition coefficient (Wildman–Crippen LogP) is 1.35. The molecule has 3 saturated heterocycles. The number of benzene rings is 6. The maximum atomic E-state index is 15.8. The molecule has 14 atom stereocenters. The van der Waals surface area contributed by atoms with Gasteiger partial charge in [0.25, 0.3) is 0 Å². The molecule has 3 fully saturated rings. The van der Waals surface area contributed by atoms with Crippen LogP contribution in [0.1, 0.15) is 118 Å². The highest BCUT2D eigenvalue weighted by molar-refractivity contribution is 8.00. The SMILES string of the molecule is CCCC[C@H]1C(=O)N2CCC[C@@H]2C(=O)N[C@@H](CN)C(=O)N[C@@H](C(C)C)C(=O)N(C)[C@@H](Cc2ccccc2)C(=O)N[C@@H](Cc2ccc(CN)cc2)C(=O)N2C[C@@H](O)C[C@@H]2C(=O)NC[C@@H](Cc2c[nH]c3ccccc23)C(=O)N[C@@H](Cc2ccc(O)cc2)C(=O)N[C@@H](CCCCN)C(=O)N[C@H](C(=O)NCC(N)=O)CSCC(=O)N[C@@H](Cc2cc(F)c(F)c(F)c2)C(=O)N(C)[C@@H](Cc2ccccc2)C(=O)N1C. The number of hydrogen-bond donors (Lipinski definition) is 16. The number of aliphatic hydroxyl groups excluding tert-OH is 1. The lowest BCUT2D eigenvalue weighted by molar-refractivity contribution is -0.152. The summed E-state index contributed by atoms with van der Waals surface area (Å²) in [6, 6.07) is 19.3. The van der Waals surface area contributed by atoms with Gasteiger partial charge in [-0.1, -0.05) is 149 Å². The van der Waals surface area contributed by atoms with Crippen molar-refractivity contribution in [2.75, 3.05) is 71.9 Å². The molecule has 40 heteroatoms. The third-order valence-corrected chi connectivity index (χ3v) is 26.2. The molecule has 0 saturated carbocycles. The van der Waals surface area contributed by atoms with Crippen LogP contribution >= 0.6 is 11.8 Å². The van der Waals surface area contributed by atoms with E-state index >= 15 is 56.7 Å². The second-order valence-electron chi connectivity index (χ2n) is 35.6. The Morgan fingerprint density at radius 2 is 1.09 bits per heavy atom. The number of unbranched alkanes of at least 4 members (excludes halogenated alkanes) is 2. The van der Waals surface area contributed by atoms with Crippen LogP contribution in [0.2, 0.25) is 0 Å². The molecule has 6 aromatic carbocycles. The summed E-state index contributed by atoms with van der Waals surface area (Å²) in [7, 11) is 3.90. The van der Waals surface area contributed by atoms with Gasteiger partial charge < -0.3 is 110 Å². The van der Waals surface area contributed by atoms with Crippen molar-refractivity contribution in [3.8, 4) is 5.75 Å². The fourth-order valence-corrected chi connectivity index (χ4v) is 18.1. The summed E-state index contributed by atoms with van der Waals surface area (Å²) < 4.78 is 45.2. The van der Waals surface area contributed by atoms with Crippen LogP contribution in [0.3, 0.4) is 0 Å². The van der Waals surface area contributed by atoms with Gasteiger partial charge >= 0.3 is 0 Å². The van der Waals surface area contributed by atoms with E-state index in [0.717, 1.165) is 25.2 Å². The first-order valence-corrected chi connectivity index (χ1v) is 47.5. The normalized spacial score (nSPS) is 23.8. The zero-order chi connectivity index (χ0) is 100. The summed E-state index contributed by atoms with van der Waals surface area (Å²) in [5, 5.41) is 47.0. The summed E-state index contributed by atoms with van der Waals surface area (Å²) in [6.07, 6.45) is -0.431. The Morgan fingerprint density at radius 1 is 0.529 bits per heavy atom. The molecular formula is C98H126F3N19O17S. The van der Waals surface area contributed by atoms with E-state index in [-0.39, 0.29) is 102 Å². The lowest BCUT2D eigenvalue weighted by Crippen LogP contribution is -2.62. The van der Waals surface area contributed by atoms with E-state index in [4.69, 9.17) is 22.9 Å². The molecule has 0 spiro atoms. The Balaban J connectivity index is 1.05. The first-order chi connectivity index (χ1) is 66.0. The van der Waals surface area contributed by atoms with Crippen LogP contribution in [-0.4, -0.2) is 279 Å². The highest BCUT2D eigenvalue weighted by atomic mass is 32.2. The Labute approximate surface area is 802 Å². The number of nitrogens with zero attached hydrogens (tertiary/aromatic N) is 5. The van der Waals surface area contributed by atoms with Crippen molar-refractivity contribution < 1.29 is 95.3 Å². The van der Waals surface area contributed by atoms with Gasteiger partial charge in [0, 0.05) is 115 Å². The Morgan fingerprint density at radius 3 is 1.72 bits per heavy atom. The van der Waals surface area contributed by atoms with Crippen LogP contribution < -0.4 is 70.8 Å². The number of aromatic amines is 1. The van der Waals surface area contributed by atoms with E-state index < -0.39 is 241 Å². The van der Waals surface area contributed by atoms with Gasteiger partial charge in [0.05, 0.1) is 24.3 Å². The summed E-state index contributed by atoms with van der Waals surface area (Å²) in [4.78, 5) is 235. The smallest absolute Gasteiger partial charge is 0.246 e. The number of aromatic nitrogens is 1. The van der Waals surface area contributed by atoms with Crippen molar-refractivity contribution in [1.29, 1.82) is 0 Å². The van der Waals surface area contributed by atoms with Gasteiger partial charge in [-0.25, -0.2) is 13.2 Å². The van der Waals surface area contributed by atoms with Gasteiger partial charge in [-0.2, -0.15) is 0 Å². The molecule has 36 nitrogen and oxygen atoms in total. The summed E-state index contributed by atoms with van der Waals surface area (Å²) >= 11 is 0.686. The monoisotopic (exact) mass is 1930 g/mol. The molecule has 0 aliphatic carbocycles. The van der Waals surface area contributed by atoms with Crippen LogP contribution in [-0.2, 0) is 117 Å². The van der Waals surface area contributed by atoms with E-state index in [1.165, 1.54) is 50.3 Å². The molecule has 0 radical (unpaired) electrons. The fourth-order valence-electron chi connectivity index (χ4n) is 17.3. The number of likely N-dealkylation sites (N-methyl/N-ethyl adjacent to an activating group) is 3. The molecule has 3 aliphatic rings. The number of carbonyl (C=O) groups is 15. The molecule has 0 bridgehead atoms. The largest absolute Gasteiger partial charge is 0.508 e. The van der Waals surface area contributed by atoms with Gasteiger partial charge in [-0.3, -0.25) is 71.9 Å². The average molecular weight is 1930 g/mol. The first-order valence-electron chi connectivity index (χ1n) is 46.3. The number of hydrogen-bond acceptors (Lipinski definition) is 21. The van der Waals surface area contributed by atoms with Crippen molar-refractivity contribution >= 4 is 111 Å². The minimum atomic E-state index is -1.85. The fraction of sp³-hybridized carbons (Fsp3) is 0.459. The van der Waals surface area contributed by atoms with Crippen LogP contribution in [0.5, 0.6) is 5.75 Å². The number of thioether (sulfide) groups is 1. The Hall–Kier alpha value is -13.3. The first kappa shape index (κ1) is 107. The van der Waals surface area contributed by atoms with Crippen LogP contribution in [0, 0.1) is 29.3 Å². The summed E-state index contributed by atoms with van der Waals surface area (Å²) in [5.41, 5.74) is 27.3. The second kappa shape index (κ2) is 51.2. The van der Waals surface area contributed by atoms with Crippen molar-refractivity contribution in [2.45, 2.75) is 202 Å². The van der Waals surface area contributed by atoms with Crippen molar-refractivity contribution in [3.63, 3.8) is 0 Å². The number of primary amides is 1. The number of carbonyl (C=O) groups excluding carboxylic acids is 15. The molecule has 138 heavy (non-hydrogen) atoms. The number of amides is 15. The molecule has 15 amide bonds. The quantitative estimate of drug-likeness (QED) is 0.0284. The van der Waals surface area contributed by atoms with E-state index in [2.05, 4.69) is 52.8 Å². The third kappa shape index (κ3) is 29.1. The number of aromatic hydroxyl groups is 1. The van der Waals surface area contributed by atoms with Gasteiger partial charge in [0.15, 0.2) is 17.5 Å². The number of rotatable bonds is 25. The molecule has 20 N–H and O–H groups in total. The van der Waals surface area contributed by atoms with Crippen LogP contribution in [0.4, 0.5) is 13.2 Å². The maximum absolute atomic E-state index is 15.8. The van der Waals surface area contributed by atoms with Gasteiger partial charge in [-0.15, -0.1) is 11.8 Å². The average Bonchev–Trinajstić information content (AvgIpc) is 1.35. The third-order valence-electron chi connectivity index (χ3n) is 25.1.